The number of aromatic amines is 1. The van der Waals surface area contributed by atoms with E-state index in [1.807, 2.05) is 32.0 Å². The molecule has 0 bridgehead atoms. The van der Waals surface area contributed by atoms with Crippen molar-refractivity contribution >= 4 is 18.1 Å². The van der Waals surface area contributed by atoms with Crippen LogP contribution < -0.4 is 0 Å². The van der Waals surface area contributed by atoms with Crippen LogP contribution in [0.25, 0.3) is 11.5 Å². The number of carbonyl (C=O) groups excluding carboxylic acids is 1. The van der Waals surface area contributed by atoms with E-state index in [1.54, 1.807) is 22.7 Å². The van der Waals surface area contributed by atoms with E-state index in [9.17, 15) is 4.79 Å². The van der Waals surface area contributed by atoms with Crippen molar-refractivity contribution in [3.8, 4) is 11.5 Å². The maximum absolute atomic E-state index is 12.3. The van der Waals surface area contributed by atoms with E-state index in [0.717, 1.165) is 0 Å². The second-order valence-electron chi connectivity index (χ2n) is 4.47. The molecule has 106 valence electrons. The molecule has 2 aromatic rings. The van der Waals surface area contributed by atoms with Crippen LogP contribution in [0.15, 0.2) is 24.4 Å². The molecule has 0 aliphatic carbocycles. The maximum atomic E-state index is 12.3. The zero-order chi connectivity index (χ0) is 14.7. The van der Waals surface area contributed by atoms with E-state index >= 15 is 0 Å². The van der Waals surface area contributed by atoms with Crippen LogP contribution in [0.1, 0.15) is 19.9 Å². The summed E-state index contributed by atoms with van der Waals surface area (Å²) in [6.45, 7) is 4.39. The van der Waals surface area contributed by atoms with Crippen LogP contribution in [0.5, 0.6) is 0 Å². The van der Waals surface area contributed by atoms with Gasteiger partial charge in [-0.05, 0) is 38.2 Å². The van der Waals surface area contributed by atoms with Gasteiger partial charge < -0.3 is 4.90 Å². The number of hydrogen-bond donors (Lipinski definition) is 1. The predicted octanol–water partition coefficient (Wildman–Crippen LogP) is 2.04. The summed E-state index contributed by atoms with van der Waals surface area (Å²) >= 11 is 5.24. The quantitative estimate of drug-likeness (QED) is 0.875. The summed E-state index contributed by atoms with van der Waals surface area (Å²) in [7, 11) is 1.77. The first kappa shape index (κ1) is 14.4. The third kappa shape index (κ3) is 2.62. The number of carbonyl (C=O) groups is 1. The molecule has 0 aromatic carbocycles. The number of nitrogens with one attached hydrogen (secondary N) is 1. The Morgan fingerprint density at radius 1 is 1.55 bits per heavy atom. The standard InChI is InChI=1S/C13H17N5OS/c1-4-17(3)12(19)9(2)18-11(15-16-13(18)20)10-7-5-6-8-14-10/h5-9H,4H2,1-3H3,(H,16,20). The highest BCUT2D eigenvalue weighted by Gasteiger charge is 2.23. The molecule has 20 heavy (non-hydrogen) atoms. The van der Waals surface area contributed by atoms with E-state index < -0.39 is 6.04 Å². The van der Waals surface area contributed by atoms with E-state index in [0.29, 0.717) is 22.8 Å². The van der Waals surface area contributed by atoms with Gasteiger partial charge in [0.05, 0.1) is 0 Å². The summed E-state index contributed by atoms with van der Waals surface area (Å²) < 4.78 is 2.11. The minimum atomic E-state index is -0.428. The summed E-state index contributed by atoms with van der Waals surface area (Å²) in [6.07, 6.45) is 1.68. The molecule has 7 heteroatoms. The number of likely N-dealkylation sites (N-methyl/N-ethyl adjacent to an activating group) is 1. The van der Waals surface area contributed by atoms with E-state index in [4.69, 9.17) is 12.2 Å². The van der Waals surface area contributed by atoms with Crippen LogP contribution in [0, 0.1) is 4.77 Å². The zero-order valence-corrected chi connectivity index (χ0v) is 12.5. The van der Waals surface area contributed by atoms with Gasteiger partial charge in [0, 0.05) is 19.8 Å². The van der Waals surface area contributed by atoms with Gasteiger partial charge in [-0.1, -0.05) is 6.07 Å². The zero-order valence-electron chi connectivity index (χ0n) is 11.7. The van der Waals surface area contributed by atoms with Crippen LogP contribution in [0.2, 0.25) is 0 Å². The molecule has 0 spiro atoms. The molecule has 1 unspecified atom stereocenters. The van der Waals surface area contributed by atoms with E-state index in [1.165, 1.54) is 0 Å². The van der Waals surface area contributed by atoms with E-state index in [2.05, 4.69) is 15.2 Å². The van der Waals surface area contributed by atoms with Crippen molar-refractivity contribution in [2.24, 2.45) is 0 Å². The van der Waals surface area contributed by atoms with Gasteiger partial charge in [-0.15, -0.1) is 0 Å². The first-order valence-electron chi connectivity index (χ1n) is 6.39. The number of rotatable bonds is 4. The van der Waals surface area contributed by atoms with Gasteiger partial charge >= 0.3 is 0 Å². The number of nitrogens with zero attached hydrogens (tertiary/aromatic N) is 4. The third-order valence-corrected chi connectivity index (χ3v) is 3.48. The average molecular weight is 291 g/mol. The minimum Gasteiger partial charge on any atom is -0.344 e. The fourth-order valence-corrected chi connectivity index (χ4v) is 2.22. The average Bonchev–Trinajstić information content (AvgIpc) is 2.87. The molecule has 0 aliphatic rings. The number of aromatic nitrogens is 4. The summed E-state index contributed by atoms with van der Waals surface area (Å²) in [6, 6.07) is 5.11. The molecule has 2 heterocycles. The van der Waals surface area contributed by atoms with Gasteiger partial charge in [-0.3, -0.25) is 19.4 Å². The second kappa shape index (κ2) is 5.96. The normalized spacial score (nSPS) is 12.2. The van der Waals surface area contributed by atoms with Gasteiger partial charge in [0.2, 0.25) is 5.91 Å². The summed E-state index contributed by atoms with van der Waals surface area (Å²) in [5.74, 6) is 0.558. The predicted molar refractivity (Wildman–Crippen MR) is 78.7 cm³/mol. The lowest BCUT2D eigenvalue weighted by Crippen LogP contribution is -2.33. The fourth-order valence-electron chi connectivity index (χ4n) is 1.92. The Balaban J connectivity index is 2.45. The first-order valence-corrected chi connectivity index (χ1v) is 6.80. The Labute approximate surface area is 122 Å². The van der Waals surface area contributed by atoms with Crippen LogP contribution in [0.4, 0.5) is 0 Å². The van der Waals surface area contributed by atoms with Gasteiger partial charge in [0.25, 0.3) is 0 Å². The molecule has 1 N–H and O–H groups in total. The van der Waals surface area contributed by atoms with E-state index in [-0.39, 0.29) is 5.91 Å². The van der Waals surface area contributed by atoms with Crippen LogP contribution in [0.3, 0.4) is 0 Å². The van der Waals surface area contributed by atoms with Gasteiger partial charge in [-0.25, -0.2) is 0 Å². The SMILES string of the molecule is CCN(C)C(=O)C(C)n1c(-c2ccccn2)n[nH]c1=S. The van der Waals surface area contributed by atoms with Crippen LogP contribution in [-0.4, -0.2) is 44.1 Å². The number of amides is 1. The van der Waals surface area contributed by atoms with Crippen molar-refractivity contribution in [2.75, 3.05) is 13.6 Å². The Morgan fingerprint density at radius 3 is 2.90 bits per heavy atom. The molecule has 2 aromatic heterocycles. The Bertz CT molecular complexity index is 648. The Morgan fingerprint density at radius 2 is 2.30 bits per heavy atom. The molecule has 1 amide bonds. The summed E-state index contributed by atoms with van der Waals surface area (Å²) in [5.41, 5.74) is 0.679. The largest absolute Gasteiger partial charge is 0.344 e. The fraction of sp³-hybridized carbons (Fsp3) is 0.385. The molecule has 0 saturated carbocycles. The molecular weight excluding hydrogens is 274 g/mol. The third-order valence-electron chi connectivity index (χ3n) is 3.19. The molecule has 0 radical (unpaired) electrons. The summed E-state index contributed by atoms with van der Waals surface area (Å²) in [5, 5.41) is 6.92. The van der Waals surface area contributed by atoms with Gasteiger partial charge in [-0.2, -0.15) is 5.10 Å². The topological polar surface area (TPSA) is 66.8 Å². The number of hydrogen-bond acceptors (Lipinski definition) is 4. The molecule has 0 fully saturated rings. The highest BCUT2D eigenvalue weighted by atomic mass is 32.1. The Hall–Kier alpha value is -2.02. The smallest absolute Gasteiger partial charge is 0.245 e. The second-order valence-corrected chi connectivity index (χ2v) is 4.85. The Kier molecular flexibility index (Phi) is 4.29. The molecular formula is C13H17N5OS. The van der Waals surface area contributed by atoms with Crippen molar-refractivity contribution in [2.45, 2.75) is 19.9 Å². The van der Waals surface area contributed by atoms with Crippen molar-refractivity contribution in [3.63, 3.8) is 0 Å². The van der Waals surface area contributed by atoms with Crippen LogP contribution >= 0.6 is 12.2 Å². The molecule has 6 nitrogen and oxygen atoms in total. The maximum Gasteiger partial charge on any atom is 0.245 e. The van der Waals surface area contributed by atoms with Crippen molar-refractivity contribution in [1.82, 2.24) is 24.6 Å². The van der Waals surface area contributed by atoms with Crippen molar-refractivity contribution < 1.29 is 4.79 Å². The van der Waals surface area contributed by atoms with Gasteiger partial charge in [0.15, 0.2) is 10.6 Å². The number of H-pyrrole nitrogens is 1. The van der Waals surface area contributed by atoms with Crippen LogP contribution in [-0.2, 0) is 4.79 Å². The lowest BCUT2D eigenvalue weighted by Gasteiger charge is -2.21. The highest BCUT2D eigenvalue weighted by Crippen LogP contribution is 2.20. The van der Waals surface area contributed by atoms with Crippen molar-refractivity contribution in [1.29, 1.82) is 0 Å². The minimum absolute atomic E-state index is 0.0119. The molecule has 0 saturated heterocycles. The highest BCUT2D eigenvalue weighted by molar-refractivity contribution is 7.71. The number of pyridine rings is 1. The first-order chi connectivity index (χ1) is 9.56. The molecule has 1 atom stereocenters. The van der Waals surface area contributed by atoms with Gasteiger partial charge in [0.1, 0.15) is 11.7 Å². The molecule has 2 rings (SSSR count). The summed E-state index contributed by atoms with van der Waals surface area (Å²) in [4.78, 5) is 18.2. The molecule has 0 aliphatic heterocycles. The van der Waals surface area contributed by atoms with Crippen molar-refractivity contribution in [3.05, 3.63) is 29.2 Å². The lowest BCUT2D eigenvalue weighted by atomic mass is 10.2. The monoisotopic (exact) mass is 291 g/mol. The lowest BCUT2D eigenvalue weighted by molar-refractivity contribution is -0.132.